The van der Waals surface area contributed by atoms with E-state index >= 15 is 0 Å². The molecule has 1 fully saturated rings. The van der Waals surface area contributed by atoms with Crippen molar-refractivity contribution < 1.29 is 9.72 Å². The first-order valence-electron chi connectivity index (χ1n) is 10.4. The molecule has 0 aliphatic carbocycles. The van der Waals surface area contributed by atoms with Crippen LogP contribution >= 0.6 is 11.8 Å². The molecule has 0 radical (unpaired) electrons. The Bertz CT molecular complexity index is 1100. The summed E-state index contributed by atoms with van der Waals surface area (Å²) in [6, 6.07) is 14.9. The van der Waals surface area contributed by atoms with E-state index in [0.29, 0.717) is 28.7 Å². The van der Waals surface area contributed by atoms with Crippen LogP contribution in [0.5, 0.6) is 0 Å². The van der Waals surface area contributed by atoms with Crippen LogP contribution in [0, 0.1) is 10.1 Å². The molecule has 1 saturated heterocycles. The second-order valence-electron chi connectivity index (χ2n) is 7.67. The Kier molecular flexibility index (Phi) is 6.81. The molecule has 166 valence electrons. The van der Waals surface area contributed by atoms with Gasteiger partial charge in [-0.3, -0.25) is 19.8 Å². The van der Waals surface area contributed by atoms with Crippen molar-refractivity contribution in [1.29, 1.82) is 0 Å². The number of rotatable bonds is 6. The fourth-order valence-electron chi connectivity index (χ4n) is 3.70. The van der Waals surface area contributed by atoms with Gasteiger partial charge in [-0.15, -0.1) is 10.2 Å². The average molecular weight is 453 g/mol. The molecule has 10 heteroatoms. The van der Waals surface area contributed by atoms with Gasteiger partial charge in [-0.05, 0) is 35.9 Å². The second-order valence-corrected chi connectivity index (χ2v) is 8.68. The van der Waals surface area contributed by atoms with Gasteiger partial charge in [-0.1, -0.05) is 30.3 Å². The van der Waals surface area contributed by atoms with E-state index < -0.39 is 4.92 Å². The smallest absolute Gasteiger partial charge is 0.284 e. The van der Waals surface area contributed by atoms with Gasteiger partial charge in [0.05, 0.1) is 9.82 Å². The first-order valence-corrected chi connectivity index (χ1v) is 11.2. The Labute approximate surface area is 190 Å². The molecule has 4 rings (SSSR count). The second kappa shape index (κ2) is 9.92. The van der Waals surface area contributed by atoms with Crippen LogP contribution in [0.3, 0.4) is 0 Å². The number of hydrogen-bond donors (Lipinski definition) is 0. The third-order valence-electron chi connectivity index (χ3n) is 5.40. The van der Waals surface area contributed by atoms with E-state index in [0.717, 1.165) is 37.8 Å². The number of aryl methyl sites for hydroxylation is 1. The first-order chi connectivity index (χ1) is 15.5. The molecule has 1 aromatic heterocycles. The van der Waals surface area contributed by atoms with Crippen molar-refractivity contribution in [3.05, 3.63) is 76.1 Å². The molecule has 1 aliphatic heterocycles. The molecule has 0 N–H and O–H groups in total. The Morgan fingerprint density at radius 3 is 2.66 bits per heavy atom. The summed E-state index contributed by atoms with van der Waals surface area (Å²) in [5.41, 5.74) is 1.47. The summed E-state index contributed by atoms with van der Waals surface area (Å²) in [6.45, 7) is 3.75. The van der Waals surface area contributed by atoms with E-state index in [9.17, 15) is 14.9 Å². The molecule has 32 heavy (non-hydrogen) atoms. The number of benzene rings is 2. The molecule has 3 aromatic rings. The molecular weight excluding hydrogens is 428 g/mol. The van der Waals surface area contributed by atoms with Gasteiger partial charge >= 0.3 is 0 Å². The molecule has 0 bridgehead atoms. The van der Waals surface area contributed by atoms with Crippen molar-refractivity contribution in [2.75, 3.05) is 26.2 Å². The lowest BCUT2D eigenvalue weighted by Crippen LogP contribution is -2.35. The van der Waals surface area contributed by atoms with Crippen molar-refractivity contribution in [3.63, 3.8) is 0 Å². The maximum Gasteiger partial charge on any atom is 0.284 e. The average Bonchev–Trinajstić information content (AvgIpc) is 3.05. The highest BCUT2D eigenvalue weighted by atomic mass is 32.2. The quantitative estimate of drug-likeness (QED) is 0.418. The lowest BCUT2D eigenvalue weighted by molar-refractivity contribution is -0.387. The Balaban J connectivity index is 1.46. The molecule has 0 unspecified atom stereocenters. The van der Waals surface area contributed by atoms with Gasteiger partial charge in [0.15, 0.2) is 5.16 Å². The Morgan fingerprint density at radius 1 is 1.12 bits per heavy atom. The minimum absolute atomic E-state index is 0.107. The molecule has 1 aliphatic rings. The monoisotopic (exact) mass is 452 g/mol. The van der Waals surface area contributed by atoms with Gasteiger partial charge in [0.2, 0.25) is 0 Å². The van der Waals surface area contributed by atoms with E-state index in [1.165, 1.54) is 18.0 Å². The van der Waals surface area contributed by atoms with Crippen molar-refractivity contribution >= 4 is 23.4 Å². The highest BCUT2D eigenvalue weighted by Crippen LogP contribution is 2.34. The molecule has 0 spiro atoms. The van der Waals surface area contributed by atoms with Gasteiger partial charge in [0.1, 0.15) is 6.33 Å². The highest BCUT2D eigenvalue weighted by Gasteiger charge is 2.24. The summed E-state index contributed by atoms with van der Waals surface area (Å²) in [4.78, 5) is 28.9. The molecule has 9 nitrogen and oxygen atoms in total. The zero-order valence-electron chi connectivity index (χ0n) is 17.8. The van der Waals surface area contributed by atoms with Crippen LogP contribution in [0.2, 0.25) is 0 Å². The van der Waals surface area contributed by atoms with Crippen LogP contribution in [-0.2, 0) is 13.6 Å². The number of carbonyl (C=O) groups is 1. The number of carbonyl (C=O) groups excluding carboxylic acids is 1. The molecule has 0 atom stereocenters. The molecular formula is C22H24N6O3S. The van der Waals surface area contributed by atoms with E-state index in [1.807, 2.05) is 18.2 Å². The first kappa shape index (κ1) is 22.0. The minimum Gasteiger partial charge on any atom is -0.337 e. The van der Waals surface area contributed by atoms with E-state index in [4.69, 9.17) is 0 Å². The predicted octanol–water partition coefficient (Wildman–Crippen LogP) is 3.22. The fourth-order valence-corrected chi connectivity index (χ4v) is 4.55. The van der Waals surface area contributed by atoms with E-state index in [-0.39, 0.29) is 11.6 Å². The van der Waals surface area contributed by atoms with Gasteiger partial charge < -0.3 is 9.47 Å². The van der Waals surface area contributed by atoms with E-state index in [1.54, 1.807) is 28.6 Å². The zero-order valence-corrected chi connectivity index (χ0v) is 18.6. The summed E-state index contributed by atoms with van der Waals surface area (Å²) in [7, 11) is 1.77. The summed E-state index contributed by atoms with van der Waals surface area (Å²) in [5.74, 6) is -0.176. The van der Waals surface area contributed by atoms with Crippen LogP contribution in [0.4, 0.5) is 5.69 Å². The highest BCUT2D eigenvalue weighted by molar-refractivity contribution is 7.99. The SMILES string of the molecule is Cn1cnnc1Sc1ccc(C(=O)N2CCCN(Cc3ccccc3)CC2)cc1[N+](=O)[O-]. The number of hydrogen-bond acceptors (Lipinski definition) is 7. The lowest BCUT2D eigenvalue weighted by atomic mass is 10.1. The Hall–Kier alpha value is -3.24. The standard InChI is InChI=1S/C22H24N6O3S/c1-25-16-23-24-22(25)32-20-9-8-18(14-19(20)28(30)31)21(29)27-11-5-10-26(12-13-27)15-17-6-3-2-4-7-17/h2-4,6-9,14,16H,5,10-13,15H2,1H3. The summed E-state index contributed by atoms with van der Waals surface area (Å²) < 4.78 is 1.69. The summed E-state index contributed by atoms with van der Waals surface area (Å²) in [5, 5.41) is 20.0. The third kappa shape index (κ3) is 5.14. The van der Waals surface area contributed by atoms with Crippen LogP contribution in [0.25, 0.3) is 0 Å². The van der Waals surface area contributed by atoms with Crippen molar-refractivity contribution in [2.24, 2.45) is 7.05 Å². The number of nitrogens with zero attached hydrogens (tertiary/aromatic N) is 6. The van der Waals surface area contributed by atoms with Gasteiger partial charge in [0, 0.05) is 51.4 Å². The van der Waals surface area contributed by atoms with Crippen LogP contribution < -0.4 is 0 Å². The number of amides is 1. The van der Waals surface area contributed by atoms with Crippen LogP contribution in [0.1, 0.15) is 22.3 Å². The Morgan fingerprint density at radius 2 is 1.94 bits per heavy atom. The molecule has 2 aromatic carbocycles. The largest absolute Gasteiger partial charge is 0.337 e. The number of nitro groups is 1. The predicted molar refractivity (Wildman–Crippen MR) is 120 cm³/mol. The zero-order chi connectivity index (χ0) is 22.5. The van der Waals surface area contributed by atoms with Gasteiger partial charge in [-0.2, -0.15) is 0 Å². The number of nitro benzene ring substituents is 1. The minimum atomic E-state index is -0.459. The normalized spacial score (nSPS) is 14.8. The van der Waals surface area contributed by atoms with Crippen molar-refractivity contribution in [1.82, 2.24) is 24.6 Å². The van der Waals surface area contributed by atoms with Crippen LogP contribution in [-0.4, -0.2) is 61.6 Å². The van der Waals surface area contributed by atoms with Gasteiger partial charge in [-0.25, -0.2) is 0 Å². The van der Waals surface area contributed by atoms with Gasteiger partial charge in [0.25, 0.3) is 11.6 Å². The number of aromatic nitrogens is 3. The summed E-state index contributed by atoms with van der Waals surface area (Å²) in [6.07, 6.45) is 2.40. The maximum absolute atomic E-state index is 13.1. The summed E-state index contributed by atoms with van der Waals surface area (Å²) >= 11 is 1.15. The van der Waals surface area contributed by atoms with E-state index in [2.05, 4.69) is 27.2 Å². The fraction of sp³-hybridized carbons (Fsp3) is 0.318. The maximum atomic E-state index is 13.1. The lowest BCUT2D eigenvalue weighted by Gasteiger charge is -2.22. The topological polar surface area (TPSA) is 97.4 Å². The third-order valence-corrected chi connectivity index (χ3v) is 6.52. The van der Waals surface area contributed by atoms with Crippen LogP contribution in [0.15, 0.2) is 64.9 Å². The molecule has 0 saturated carbocycles. The van der Waals surface area contributed by atoms with Crippen molar-refractivity contribution in [3.8, 4) is 0 Å². The molecule has 2 heterocycles. The van der Waals surface area contributed by atoms with Crippen molar-refractivity contribution in [2.45, 2.75) is 23.0 Å². The molecule has 1 amide bonds.